The standard InChI is InChI=1S/C52H46BNO2/c1-32(2)35-29-37(33(3)4)51(38(30-35)34(5)6)53-43-21-11-16-26-49(43)56-50-31-36(27-28-44(50)53)54-45-22-12-7-17-39(45)52(40-18-8-13-23-46(40)54)41-19-9-14-24-47(41)55-48-25-15-10-20-42(48)52/h7-34H,1-6H3. The molecule has 0 fully saturated rings. The van der Waals surface area contributed by atoms with Gasteiger partial charge in [0.1, 0.15) is 23.0 Å². The second-order valence-electron chi connectivity index (χ2n) is 16.6. The summed E-state index contributed by atoms with van der Waals surface area (Å²) in [6.07, 6.45) is 0. The van der Waals surface area contributed by atoms with Crippen molar-refractivity contribution in [1.29, 1.82) is 0 Å². The zero-order valence-corrected chi connectivity index (χ0v) is 33.0. The first-order valence-corrected chi connectivity index (χ1v) is 20.2. The summed E-state index contributed by atoms with van der Waals surface area (Å²) in [4.78, 5) is 2.44. The van der Waals surface area contributed by atoms with Crippen molar-refractivity contribution in [1.82, 2.24) is 0 Å². The molecule has 0 bridgehead atoms. The molecule has 1 spiro atoms. The number of hydrogen-bond donors (Lipinski definition) is 0. The topological polar surface area (TPSA) is 21.7 Å². The lowest BCUT2D eigenvalue weighted by atomic mass is 9.34. The van der Waals surface area contributed by atoms with Crippen molar-refractivity contribution in [2.75, 3.05) is 4.90 Å². The third kappa shape index (κ3) is 4.98. The predicted molar refractivity (Wildman–Crippen MR) is 233 cm³/mol. The van der Waals surface area contributed by atoms with Crippen LogP contribution in [-0.2, 0) is 5.41 Å². The molecule has 7 aromatic rings. The van der Waals surface area contributed by atoms with Crippen LogP contribution in [0.1, 0.15) is 98.2 Å². The molecule has 7 aromatic carbocycles. The van der Waals surface area contributed by atoms with E-state index in [-0.39, 0.29) is 6.71 Å². The van der Waals surface area contributed by atoms with Crippen LogP contribution in [0.3, 0.4) is 0 Å². The van der Waals surface area contributed by atoms with Gasteiger partial charge in [-0.1, -0.05) is 156 Å². The summed E-state index contributed by atoms with van der Waals surface area (Å²) in [7, 11) is 0. The molecule has 0 amide bonds. The van der Waals surface area contributed by atoms with Crippen molar-refractivity contribution in [2.45, 2.75) is 64.7 Å². The second-order valence-corrected chi connectivity index (χ2v) is 16.6. The summed E-state index contributed by atoms with van der Waals surface area (Å²) in [5, 5.41) is 0. The van der Waals surface area contributed by atoms with E-state index in [1.807, 2.05) is 0 Å². The van der Waals surface area contributed by atoms with Crippen LogP contribution in [0.15, 0.2) is 152 Å². The molecule has 0 N–H and O–H groups in total. The van der Waals surface area contributed by atoms with E-state index in [1.54, 1.807) is 0 Å². The Balaban J connectivity index is 1.20. The van der Waals surface area contributed by atoms with Gasteiger partial charge < -0.3 is 14.4 Å². The highest BCUT2D eigenvalue weighted by Crippen LogP contribution is 2.62. The van der Waals surface area contributed by atoms with Gasteiger partial charge in [-0.15, -0.1) is 0 Å². The Morgan fingerprint density at radius 2 is 0.911 bits per heavy atom. The lowest BCUT2D eigenvalue weighted by Crippen LogP contribution is -2.57. The number of fused-ring (bicyclic) bond motifs is 10. The Bertz CT molecular complexity index is 2550. The lowest BCUT2D eigenvalue weighted by Gasteiger charge is -2.48. The monoisotopic (exact) mass is 727 g/mol. The predicted octanol–water partition coefficient (Wildman–Crippen LogP) is 12.0. The van der Waals surface area contributed by atoms with Gasteiger partial charge in [0, 0.05) is 22.9 Å². The molecule has 0 saturated heterocycles. The average molecular weight is 728 g/mol. The molecule has 0 unspecified atom stereocenters. The first-order valence-electron chi connectivity index (χ1n) is 20.2. The molecule has 56 heavy (non-hydrogen) atoms. The van der Waals surface area contributed by atoms with Crippen LogP contribution < -0.4 is 30.8 Å². The molecule has 3 aliphatic rings. The van der Waals surface area contributed by atoms with Gasteiger partial charge in [0.15, 0.2) is 0 Å². The van der Waals surface area contributed by atoms with E-state index < -0.39 is 5.41 Å². The van der Waals surface area contributed by atoms with Gasteiger partial charge in [0.25, 0.3) is 6.71 Å². The SMILES string of the molecule is CC(C)c1cc(C(C)C)c(B2c3ccccc3Oc3cc(N4c5ccccc5C5(c6ccccc6Oc6ccccc65)c5ccccc54)ccc32)c(C(C)C)c1. The quantitative estimate of drug-likeness (QED) is 0.165. The average Bonchev–Trinajstić information content (AvgIpc) is 3.22. The minimum atomic E-state index is -0.577. The Hall–Kier alpha value is -6.00. The molecule has 0 aromatic heterocycles. The van der Waals surface area contributed by atoms with Crippen molar-refractivity contribution in [3.8, 4) is 23.0 Å². The highest BCUT2D eigenvalue weighted by Gasteiger charge is 2.51. The molecule has 0 aliphatic carbocycles. The molecule has 0 saturated carbocycles. The van der Waals surface area contributed by atoms with Gasteiger partial charge >= 0.3 is 0 Å². The number of anilines is 3. The van der Waals surface area contributed by atoms with Crippen LogP contribution in [0, 0.1) is 0 Å². The summed E-state index contributed by atoms with van der Waals surface area (Å²) in [6, 6.07) is 55.5. The van der Waals surface area contributed by atoms with Crippen LogP contribution in [0.4, 0.5) is 17.1 Å². The minimum absolute atomic E-state index is 0.0412. The normalized spacial score (nSPS) is 14.4. The smallest absolute Gasteiger partial charge is 0.251 e. The van der Waals surface area contributed by atoms with E-state index in [9.17, 15) is 0 Å². The van der Waals surface area contributed by atoms with Gasteiger partial charge in [0.05, 0.1) is 16.8 Å². The van der Waals surface area contributed by atoms with Crippen molar-refractivity contribution in [3.63, 3.8) is 0 Å². The van der Waals surface area contributed by atoms with Crippen LogP contribution in [0.25, 0.3) is 0 Å². The van der Waals surface area contributed by atoms with Crippen molar-refractivity contribution < 1.29 is 9.47 Å². The Morgan fingerprint density at radius 1 is 0.446 bits per heavy atom. The van der Waals surface area contributed by atoms with E-state index in [4.69, 9.17) is 9.47 Å². The maximum Gasteiger partial charge on any atom is 0.251 e. The zero-order chi connectivity index (χ0) is 38.3. The largest absolute Gasteiger partial charge is 0.458 e. The summed E-state index contributed by atoms with van der Waals surface area (Å²) in [6.45, 7) is 14.0. The van der Waals surface area contributed by atoms with Gasteiger partial charge in [-0.2, -0.15) is 0 Å². The number of rotatable bonds is 5. The first kappa shape index (κ1) is 34.5. The van der Waals surface area contributed by atoms with Crippen molar-refractivity contribution >= 4 is 40.2 Å². The van der Waals surface area contributed by atoms with E-state index in [0.29, 0.717) is 17.8 Å². The van der Waals surface area contributed by atoms with Gasteiger partial charge in [-0.3, -0.25) is 0 Å². The fourth-order valence-electron chi connectivity index (χ4n) is 9.84. The van der Waals surface area contributed by atoms with E-state index >= 15 is 0 Å². The maximum absolute atomic E-state index is 6.96. The van der Waals surface area contributed by atoms with Crippen molar-refractivity contribution in [3.05, 3.63) is 191 Å². The van der Waals surface area contributed by atoms with Gasteiger partial charge in [0.2, 0.25) is 0 Å². The number of benzene rings is 7. The van der Waals surface area contributed by atoms with Crippen LogP contribution >= 0.6 is 0 Å². The summed E-state index contributed by atoms with van der Waals surface area (Å²) < 4.78 is 13.6. The molecular weight excluding hydrogens is 681 g/mol. The van der Waals surface area contributed by atoms with Gasteiger partial charge in [-0.05, 0) is 92.9 Å². The van der Waals surface area contributed by atoms with Crippen molar-refractivity contribution in [2.24, 2.45) is 0 Å². The molecule has 274 valence electrons. The molecule has 3 nitrogen and oxygen atoms in total. The van der Waals surface area contributed by atoms with E-state index in [1.165, 1.54) is 44.2 Å². The third-order valence-electron chi connectivity index (χ3n) is 12.4. The van der Waals surface area contributed by atoms with Crippen LogP contribution in [0.2, 0.25) is 0 Å². The number of ether oxygens (including phenoxy) is 2. The molecule has 3 heterocycles. The summed E-state index contributed by atoms with van der Waals surface area (Å²) >= 11 is 0. The minimum Gasteiger partial charge on any atom is -0.458 e. The van der Waals surface area contributed by atoms with Gasteiger partial charge in [-0.25, -0.2) is 0 Å². The molecular formula is C52H46BNO2. The summed E-state index contributed by atoms with van der Waals surface area (Å²) in [5.41, 5.74) is 15.6. The highest BCUT2D eigenvalue weighted by molar-refractivity contribution is 6.97. The fourth-order valence-corrected chi connectivity index (χ4v) is 9.84. The molecule has 10 rings (SSSR count). The highest BCUT2D eigenvalue weighted by atomic mass is 16.5. The third-order valence-corrected chi connectivity index (χ3v) is 12.4. The Kier molecular flexibility index (Phi) is 8.04. The lowest BCUT2D eigenvalue weighted by molar-refractivity contribution is 0.434. The fraction of sp³-hybridized carbons (Fsp3) is 0.192. The van der Waals surface area contributed by atoms with Crippen LogP contribution in [-0.4, -0.2) is 6.71 Å². The molecule has 0 atom stereocenters. The van der Waals surface area contributed by atoms with Crippen LogP contribution in [0.5, 0.6) is 23.0 Å². The summed E-state index contributed by atoms with van der Waals surface area (Å²) in [5.74, 6) is 4.79. The first-order chi connectivity index (χ1) is 27.3. The Morgan fingerprint density at radius 3 is 1.46 bits per heavy atom. The van der Waals surface area contributed by atoms with E-state index in [2.05, 4.69) is 198 Å². The number of para-hydroxylation sites is 5. The molecule has 4 heteroatoms. The number of hydrogen-bond acceptors (Lipinski definition) is 3. The maximum atomic E-state index is 6.96. The van der Waals surface area contributed by atoms with E-state index in [0.717, 1.165) is 51.2 Å². The zero-order valence-electron chi connectivity index (χ0n) is 33.0. The number of nitrogens with zero attached hydrogens (tertiary/aromatic N) is 1. The molecule has 3 aliphatic heterocycles. The Labute approximate surface area is 331 Å². The molecule has 0 radical (unpaired) electrons. The second kappa shape index (κ2) is 13.1.